The first-order valence-electron chi connectivity index (χ1n) is 6.91. The number of aryl methyl sites for hydroxylation is 4. The van der Waals surface area contributed by atoms with E-state index in [1.54, 1.807) is 0 Å². The smallest absolute Gasteiger partial charge is 0.159 e. The monoisotopic (exact) mass is 306 g/mol. The van der Waals surface area contributed by atoms with Crippen molar-refractivity contribution in [2.75, 3.05) is 0 Å². The van der Waals surface area contributed by atoms with Crippen LogP contribution in [0.2, 0.25) is 0 Å². The zero-order valence-corrected chi connectivity index (χ0v) is 13.7. The third kappa shape index (κ3) is 2.23. The Morgan fingerprint density at radius 1 is 1.19 bits per heavy atom. The molecule has 3 rings (SSSR count). The lowest BCUT2D eigenvalue weighted by atomic mass is 10.2. The molecule has 3 aromatic heterocycles. The molecule has 0 saturated carbocycles. The maximum atomic E-state index is 6.32. The van der Waals surface area contributed by atoms with E-state index in [0.29, 0.717) is 6.54 Å². The van der Waals surface area contributed by atoms with Gasteiger partial charge in [0.15, 0.2) is 5.65 Å². The van der Waals surface area contributed by atoms with E-state index < -0.39 is 0 Å². The molecule has 0 fully saturated rings. The second kappa shape index (κ2) is 4.87. The highest BCUT2D eigenvalue weighted by Gasteiger charge is 2.21. The van der Waals surface area contributed by atoms with Gasteiger partial charge in [-0.1, -0.05) is 0 Å². The number of aromatic nitrogens is 6. The average molecular weight is 307 g/mol. The Bertz CT molecular complexity index is 807. The number of nitrogens with zero attached hydrogens (tertiary/aromatic N) is 6. The van der Waals surface area contributed by atoms with E-state index in [2.05, 4.69) is 19.7 Å². The van der Waals surface area contributed by atoms with Crippen LogP contribution in [0.5, 0.6) is 0 Å². The van der Waals surface area contributed by atoms with Gasteiger partial charge in [-0.05, 0) is 20.8 Å². The van der Waals surface area contributed by atoms with Crippen LogP contribution in [0.15, 0.2) is 6.20 Å². The Hall–Kier alpha value is -1.82. The molecule has 0 radical (unpaired) electrons. The lowest BCUT2D eigenvalue weighted by Gasteiger charge is -2.10. The molecule has 0 aromatic carbocycles. The summed E-state index contributed by atoms with van der Waals surface area (Å²) in [5, 5.41) is 8.69. The summed E-state index contributed by atoms with van der Waals surface area (Å²) < 4.78 is 5.83. The molecule has 3 heterocycles. The van der Waals surface area contributed by atoms with Gasteiger partial charge in [0.05, 0.1) is 23.3 Å². The number of alkyl halides is 1. The summed E-state index contributed by atoms with van der Waals surface area (Å²) in [6.07, 6.45) is 2.03. The minimum Gasteiger partial charge on any atom is -0.307 e. The lowest BCUT2D eigenvalue weighted by molar-refractivity contribution is 0.684. The van der Waals surface area contributed by atoms with Crippen molar-refractivity contribution >= 4 is 22.8 Å². The van der Waals surface area contributed by atoms with Crippen molar-refractivity contribution in [2.24, 2.45) is 14.1 Å². The molecular formula is C14H19ClN6. The molecule has 7 heteroatoms. The van der Waals surface area contributed by atoms with Gasteiger partial charge in [0, 0.05) is 25.9 Å². The Morgan fingerprint density at radius 2 is 1.90 bits per heavy atom. The molecule has 1 atom stereocenters. The van der Waals surface area contributed by atoms with E-state index in [9.17, 15) is 0 Å². The molecule has 3 aromatic rings. The van der Waals surface area contributed by atoms with Gasteiger partial charge in [0.1, 0.15) is 11.3 Å². The molecule has 1 unspecified atom stereocenters. The zero-order chi connectivity index (χ0) is 15.3. The Balaban J connectivity index is 2.19. The van der Waals surface area contributed by atoms with Crippen LogP contribution in [0, 0.1) is 13.8 Å². The molecule has 0 amide bonds. The number of halogens is 1. The predicted molar refractivity (Wildman–Crippen MR) is 82.6 cm³/mol. The van der Waals surface area contributed by atoms with Gasteiger partial charge in [0.2, 0.25) is 0 Å². The SMILES string of the molecule is Cc1nn(C)cc1Cn1c(C(C)Cl)nc2c(C)nn(C)c21. The number of hydrogen-bond donors (Lipinski definition) is 0. The van der Waals surface area contributed by atoms with E-state index >= 15 is 0 Å². The Morgan fingerprint density at radius 3 is 2.48 bits per heavy atom. The molecule has 112 valence electrons. The van der Waals surface area contributed by atoms with Crippen molar-refractivity contribution in [3.05, 3.63) is 29.0 Å². The zero-order valence-electron chi connectivity index (χ0n) is 12.9. The minimum absolute atomic E-state index is 0.159. The number of rotatable bonds is 3. The highest BCUT2D eigenvalue weighted by Crippen LogP contribution is 2.27. The van der Waals surface area contributed by atoms with Gasteiger partial charge in [-0.3, -0.25) is 9.36 Å². The van der Waals surface area contributed by atoms with Crippen molar-refractivity contribution in [1.82, 2.24) is 29.1 Å². The standard InChI is InChI=1S/C14H19ClN6/c1-8(15)13-16-12-10(3)18-20(5)14(12)21(13)7-11-6-19(4)17-9(11)2/h6,8H,7H2,1-5H3. The molecule has 21 heavy (non-hydrogen) atoms. The molecular weight excluding hydrogens is 288 g/mol. The van der Waals surface area contributed by atoms with E-state index in [-0.39, 0.29) is 5.38 Å². The normalized spacial score (nSPS) is 13.2. The van der Waals surface area contributed by atoms with Crippen LogP contribution >= 0.6 is 11.6 Å². The Kier molecular flexibility index (Phi) is 3.28. The second-order valence-electron chi connectivity index (χ2n) is 5.47. The Labute approximate surface area is 128 Å². The van der Waals surface area contributed by atoms with Gasteiger partial charge >= 0.3 is 0 Å². The van der Waals surface area contributed by atoms with Crippen LogP contribution in [0.25, 0.3) is 11.2 Å². The van der Waals surface area contributed by atoms with Crippen LogP contribution in [0.4, 0.5) is 0 Å². The first-order chi connectivity index (χ1) is 9.88. The second-order valence-corrected chi connectivity index (χ2v) is 6.12. The van der Waals surface area contributed by atoms with Crippen LogP contribution in [-0.4, -0.2) is 29.1 Å². The van der Waals surface area contributed by atoms with Gasteiger partial charge in [0.25, 0.3) is 0 Å². The minimum atomic E-state index is -0.159. The molecule has 0 saturated heterocycles. The third-order valence-electron chi connectivity index (χ3n) is 3.72. The summed E-state index contributed by atoms with van der Waals surface area (Å²) in [6, 6.07) is 0. The highest BCUT2D eigenvalue weighted by atomic mass is 35.5. The summed E-state index contributed by atoms with van der Waals surface area (Å²) in [7, 11) is 3.87. The fourth-order valence-corrected chi connectivity index (χ4v) is 2.95. The number of imidazole rings is 1. The first-order valence-corrected chi connectivity index (χ1v) is 7.35. The third-order valence-corrected chi connectivity index (χ3v) is 3.91. The molecule has 0 aliphatic rings. The van der Waals surface area contributed by atoms with Crippen molar-refractivity contribution in [3.8, 4) is 0 Å². The fraction of sp³-hybridized carbons (Fsp3) is 0.500. The van der Waals surface area contributed by atoms with E-state index in [0.717, 1.165) is 33.9 Å². The van der Waals surface area contributed by atoms with Gasteiger partial charge in [-0.15, -0.1) is 11.6 Å². The van der Waals surface area contributed by atoms with E-state index in [4.69, 9.17) is 11.6 Å². The van der Waals surface area contributed by atoms with Crippen LogP contribution in [0.3, 0.4) is 0 Å². The summed E-state index contributed by atoms with van der Waals surface area (Å²) in [4.78, 5) is 4.69. The fourth-order valence-electron chi connectivity index (χ4n) is 2.79. The molecule has 0 spiro atoms. The summed E-state index contributed by atoms with van der Waals surface area (Å²) in [6.45, 7) is 6.62. The maximum absolute atomic E-state index is 6.32. The van der Waals surface area contributed by atoms with Gasteiger partial charge in [-0.2, -0.15) is 10.2 Å². The molecule has 0 N–H and O–H groups in total. The molecule has 6 nitrogen and oxygen atoms in total. The summed E-state index contributed by atoms with van der Waals surface area (Å²) >= 11 is 6.32. The van der Waals surface area contributed by atoms with Gasteiger partial charge in [-0.25, -0.2) is 4.98 Å². The lowest BCUT2D eigenvalue weighted by Crippen LogP contribution is -2.09. The average Bonchev–Trinajstić information content (AvgIpc) is 2.98. The quantitative estimate of drug-likeness (QED) is 0.699. The van der Waals surface area contributed by atoms with Gasteiger partial charge < -0.3 is 4.57 Å². The largest absolute Gasteiger partial charge is 0.307 e. The molecule has 0 aliphatic heterocycles. The summed E-state index contributed by atoms with van der Waals surface area (Å²) in [5.41, 5.74) is 5.02. The number of hydrogen-bond acceptors (Lipinski definition) is 3. The van der Waals surface area contributed by atoms with Crippen molar-refractivity contribution in [3.63, 3.8) is 0 Å². The van der Waals surface area contributed by atoms with Crippen molar-refractivity contribution in [2.45, 2.75) is 32.7 Å². The number of fused-ring (bicyclic) bond motifs is 1. The van der Waals surface area contributed by atoms with Crippen LogP contribution < -0.4 is 0 Å². The van der Waals surface area contributed by atoms with E-state index in [1.165, 1.54) is 0 Å². The van der Waals surface area contributed by atoms with E-state index in [1.807, 2.05) is 50.4 Å². The van der Waals surface area contributed by atoms with Crippen LogP contribution in [-0.2, 0) is 20.6 Å². The summed E-state index contributed by atoms with van der Waals surface area (Å²) in [5.74, 6) is 0.867. The van der Waals surface area contributed by atoms with Crippen LogP contribution in [0.1, 0.15) is 35.1 Å². The predicted octanol–water partition coefficient (Wildman–Crippen LogP) is 2.47. The molecule has 0 aliphatic carbocycles. The van der Waals surface area contributed by atoms with Crippen molar-refractivity contribution in [1.29, 1.82) is 0 Å². The molecule has 0 bridgehead atoms. The van der Waals surface area contributed by atoms with Crippen molar-refractivity contribution < 1.29 is 0 Å². The first kappa shape index (κ1) is 14.1. The topological polar surface area (TPSA) is 53.5 Å². The highest BCUT2D eigenvalue weighted by molar-refractivity contribution is 6.20. The maximum Gasteiger partial charge on any atom is 0.159 e.